The maximum Gasteiger partial charge on any atom is 0.333 e. The molecule has 14 rings (SSSR count). The summed E-state index contributed by atoms with van der Waals surface area (Å²) in [5.74, 6) is 0. The van der Waals surface area contributed by atoms with Gasteiger partial charge in [-0.3, -0.25) is 0 Å². The molecule has 0 bridgehead atoms. The highest BCUT2D eigenvalue weighted by atomic mass is 32.1. The Morgan fingerprint density at radius 1 is 0.468 bits per heavy atom. The van der Waals surface area contributed by atoms with Crippen molar-refractivity contribution in [3.63, 3.8) is 0 Å². The van der Waals surface area contributed by atoms with Gasteiger partial charge in [0.2, 0.25) is 0 Å². The van der Waals surface area contributed by atoms with Crippen LogP contribution in [-0.4, -0.2) is 11.4 Å². The molecule has 2 aliphatic heterocycles. The molecule has 0 saturated heterocycles. The summed E-state index contributed by atoms with van der Waals surface area (Å²) < 4.78 is 14.6. The predicted octanol–water partition coefficient (Wildman–Crippen LogP) is 15.3. The van der Waals surface area contributed by atoms with Crippen LogP contribution < -0.4 is 15.7 Å². The molecule has 6 heteroatoms. The number of para-hydroxylation sites is 1. The second-order valence-electron chi connectivity index (χ2n) is 19.7. The van der Waals surface area contributed by atoms with Crippen molar-refractivity contribution in [3.8, 4) is 16.8 Å². The average Bonchev–Trinajstić information content (AvgIpc) is 4.01. The van der Waals surface area contributed by atoms with E-state index in [0.717, 1.165) is 21.9 Å². The summed E-state index contributed by atoms with van der Waals surface area (Å²) in [5, 5.41) is 10.2. The molecule has 0 N–H and O–H groups in total. The fourth-order valence-electron chi connectivity index (χ4n) is 11.0. The fraction of sp³-hybridized carbons (Fsp3) is 0.143. The Kier molecular flexibility index (Phi) is 6.70. The van der Waals surface area contributed by atoms with E-state index in [4.69, 9.17) is 4.42 Å². The van der Waals surface area contributed by atoms with E-state index < -0.39 is 0 Å². The summed E-state index contributed by atoms with van der Waals surface area (Å²) in [4.78, 5) is 2.67. The molecular formula is C56H41BN2OS2. The Morgan fingerprint density at radius 2 is 1.16 bits per heavy atom. The summed E-state index contributed by atoms with van der Waals surface area (Å²) in [5.41, 5.74) is 16.0. The van der Waals surface area contributed by atoms with Gasteiger partial charge in [-0.05, 0) is 99.1 Å². The topological polar surface area (TPSA) is 21.3 Å². The van der Waals surface area contributed by atoms with Crippen LogP contribution in [0.15, 0.2) is 144 Å². The smallest absolute Gasteiger partial charge is 0.333 e. The molecule has 296 valence electrons. The summed E-state index contributed by atoms with van der Waals surface area (Å²) in [6.45, 7) is 13.8. The first-order valence-corrected chi connectivity index (χ1v) is 23.4. The second-order valence-corrected chi connectivity index (χ2v) is 21.9. The van der Waals surface area contributed by atoms with Gasteiger partial charge < -0.3 is 13.8 Å². The van der Waals surface area contributed by atoms with Crippen LogP contribution in [0.4, 0.5) is 11.4 Å². The van der Waals surface area contributed by atoms with Gasteiger partial charge in [-0.1, -0.05) is 114 Å². The van der Waals surface area contributed by atoms with Crippen LogP contribution in [0.5, 0.6) is 0 Å². The van der Waals surface area contributed by atoms with E-state index in [9.17, 15) is 0 Å². The summed E-state index contributed by atoms with van der Waals surface area (Å²) in [7, 11) is 0. The van der Waals surface area contributed by atoms with Gasteiger partial charge >= 0.3 is 6.85 Å². The molecule has 6 heterocycles. The molecule has 4 aromatic heterocycles. The van der Waals surface area contributed by atoms with Gasteiger partial charge in [0.25, 0.3) is 0 Å². The zero-order valence-electron chi connectivity index (χ0n) is 35.5. The third-order valence-corrected chi connectivity index (χ3v) is 16.3. The van der Waals surface area contributed by atoms with Gasteiger partial charge in [0.15, 0.2) is 0 Å². The molecule has 12 aromatic rings. The third-order valence-electron chi connectivity index (χ3n) is 14.1. The van der Waals surface area contributed by atoms with Crippen molar-refractivity contribution in [2.75, 3.05) is 4.81 Å². The highest BCUT2D eigenvalue weighted by Gasteiger charge is 2.44. The lowest BCUT2D eigenvalue weighted by atomic mass is 9.44. The van der Waals surface area contributed by atoms with E-state index in [2.05, 4.69) is 190 Å². The lowest BCUT2D eigenvalue weighted by molar-refractivity contribution is 0.590. The van der Waals surface area contributed by atoms with Crippen LogP contribution in [-0.2, 0) is 10.8 Å². The van der Waals surface area contributed by atoms with Crippen LogP contribution in [0.2, 0.25) is 0 Å². The number of hydrogen-bond donors (Lipinski definition) is 0. The van der Waals surface area contributed by atoms with Gasteiger partial charge in [0, 0.05) is 90.6 Å². The Labute approximate surface area is 367 Å². The lowest BCUT2D eigenvalue weighted by Crippen LogP contribution is -2.60. The first-order valence-electron chi connectivity index (χ1n) is 21.8. The van der Waals surface area contributed by atoms with Crippen molar-refractivity contribution < 1.29 is 4.42 Å². The summed E-state index contributed by atoms with van der Waals surface area (Å²) in [6, 6.07) is 53.6. The molecule has 8 aromatic carbocycles. The predicted molar refractivity (Wildman–Crippen MR) is 270 cm³/mol. The molecular weight excluding hydrogens is 792 g/mol. The Balaban J connectivity index is 1.15. The van der Waals surface area contributed by atoms with Gasteiger partial charge in [-0.25, -0.2) is 0 Å². The minimum absolute atomic E-state index is 0.0393. The van der Waals surface area contributed by atoms with Crippen LogP contribution >= 0.6 is 22.7 Å². The summed E-state index contributed by atoms with van der Waals surface area (Å²) >= 11 is 3.81. The normalized spacial score (nSPS) is 13.9. The maximum atomic E-state index is 6.71. The maximum absolute atomic E-state index is 6.71. The largest absolute Gasteiger partial charge is 0.456 e. The number of anilines is 2. The van der Waals surface area contributed by atoms with Crippen LogP contribution in [0.1, 0.15) is 52.7 Å². The van der Waals surface area contributed by atoms with Gasteiger partial charge in [-0.15, -0.1) is 22.7 Å². The zero-order valence-corrected chi connectivity index (χ0v) is 37.1. The molecule has 3 nitrogen and oxygen atoms in total. The molecule has 2 aliphatic rings. The zero-order chi connectivity index (χ0) is 41.6. The molecule has 0 aliphatic carbocycles. The fourth-order valence-corrected chi connectivity index (χ4v) is 13.2. The van der Waals surface area contributed by atoms with E-state index in [1.54, 1.807) is 0 Å². The second kappa shape index (κ2) is 11.8. The van der Waals surface area contributed by atoms with E-state index in [0.29, 0.717) is 0 Å². The highest BCUT2D eigenvalue weighted by molar-refractivity contribution is 7.26. The molecule has 0 atom stereocenters. The third kappa shape index (κ3) is 4.61. The first-order chi connectivity index (χ1) is 30.0. The SMILES string of the molecule is CC(C)(C)c1ccc(N2B3c4cc5c(cc4-n4c6cc7c(cc6c6ccc(c3c64)-c3cc4c(cc32)sc2ccc(C(C)(C)C)cc24)sc2ccccc27)oc2ccccc25)cc1. The van der Waals surface area contributed by atoms with E-state index in [-0.39, 0.29) is 17.7 Å². The quantitative estimate of drug-likeness (QED) is 0.154. The van der Waals surface area contributed by atoms with Crippen molar-refractivity contribution in [3.05, 3.63) is 151 Å². The Morgan fingerprint density at radius 3 is 1.97 bits per heavy atom. The standard InChI is InChI=1S/C56H41BN2OS2/c1-55(2,3)30-15-18-32(19-16-30)59-45-29-52-41(40-23-31(56(4,5)6)17-22-50(40)62-52)24-37(45)35-20-21-36-38-27-51-42(34-12-8-10-14-49(34)61-51)26-44(38)58-46-28-48-39(33-11-7-9-13-47(33)60-48)25-43(46)57(59)53(35)54(36)58/h7-29H,1-6H3. The monoisotopic (exact) mass is 832 g/mol. The highest BCUT2D eigenvalue weighted by Crippen LogP contribution is 2.50. The van der Waals surface area contributed by atoms with Gasteiger partial charge in [0.1, 0.15) is 11.2 Å². The van der Waals surface area contributed by atoms with Crippen LogP contribution in [0, 0.1) is 0 Å². The number of benzene rings is 8. The lowest BCUT2D eigenvalue weighted by Gasteiger charge is -2.42. The van der Waals surface area contributed by atoms with Crippen molar-refractivity contribution in [2.24, 2.45) is 0 Å². The van der Waals surface area contributed by atoms with Crippen molar-refractivity contribution in [1.82, 2.24) is 4.57 Å². The van der Waals surface area contributed by atoms with Crippen LogP contribution in [0.25, 0.3) is 101 Å². The Hall–Kier alpha value is -6.34. The number of furan rings is 1. The van der Waals surface area contributed by atoms with Crippen LogP contribution in [0.3, 0.4) is 0 Å². The van der Waals surface area contributed by atoms with Crippen molar-refractivity contribution in [2.45, 2.75) is 52.4 Å². The number of fused-ring (bicyclic) bond motifs is 17. The number of nitrogens with zero attached hydrogens (tertiary/aromatic N) is 2. The van der Waals surface area contributed by atoms with E-state index in [1.807, 2.05) is 22.7 Å². The first kappa shape index (κ1) is 35.3. The van der Waals surface area contributed by atoms with E-state index >= 15 is 0 Å². The van der Waals surface area contributed by atoms with Gasteiger partial charge in [-0.2, -0.15) is 0 Å². The number of aromatic nitrogens is 1. The molecule has 0 saturated carbocycles. The average molecular weight is 833 g/mol. The molecule has 62 heavy (non-hydrogen) atoms. The minimum Gasteiger partial charge on any atom is -0.456 e. The van der Waals surface area contributed by atoms with Crippen molar-refractivity contribution >= 4 is 136 Å². The molecule has 0 amide bonds. The summed E-state index contributed by atoms with van der Waals surface area (Å²) in [6.07, 6.45) is 0. The van der Waals surface area contributed by atoms with Gasteiger partial charge in [0.05, 0.1) is 11.0 Å². The van der Waals surface area contributed by atoms with Crippen molar-refractivity contribution in [1.29, 1.82) is 0 Å². The molecule has 0 unspecified atom stereocenters. The Bertz CT molecular complexity index is 3960. The molecule has 0 radical (unpaired) electrons. The minimum atomic E-state index is -0.0900. The molecule has 0 spiro atoms. The van der Waals surface area contributed by atoms with E-state index in [1.165, 1.54) is 112 Å². The number of thiophene rings is 2. The number of hydrogen-bond acceptors (Lipinski definition) is 4. The number of rotatable bonds is 1. The molecule has 0 fully saturated rings.